The third-order valence-corrected chi connectivity index (χ3v) is 6.80. The Morgan fingerprint density at radius 3 is 2.80 bits per heavy atom. The van der Waals surface area contributed by atoms with Crippen molar-refractivity contribution in [2.24, 2.45) is 5.92 Å². The molecule has 25 heavy (non-hydrogen) atoms. The van der Waals surface area contributed by atoms with E-state index in [0.717, 1.165) is 3.97 Å². The summed E-state index contributed by atoms with van der Waals surface area (Å²) in [6.45, 7) is 1.58. The first-order chi connectivity index (χ1) is 11.8. The maximum atomic E-state index is 13.4. The molecule has 0 amide bonds. The molecule has 132 valence electrons. The lowest BCUT2D eigenvalue weighted by Gasteiger charge is -2.34. The Bertz CT molecular complexity index is 992. The minimum absolute atomic E-state index is 0.111. The molecule has 2 aromatic rings. The number of benzene rings is 1. The van der Waals surface area contributed by atoms with Gasteiger partial charge in [-0.15, -0.1) is 0 Å². The van der Waals surface area contributed by atoms with Crippen LogP contribution in [0.1, 0.15) is 6.92 Å². The molecule has 1 aromatic carbocycles. The Kier molecular flexibility index (Phi) is 4.21. The molecule has 0 radical (unpaired) electrons. The number of ether oxygens (including phenoxy) is 1. The molecule has 9 heteroatoms. The topological polar surface area (TPSA) is 104 Å². The minimum Gasteiger partial charge on any atom is -0.384 e. The van der Waals surface area contributed by atoms with Crippen LogP contribution in [0, 0.1) is 16.0 Å². The zero-order chi connectivity index (χ0) is 18.2. The number of nitro groups is 1. The van der Waals surface area contributed by atoms with Crippen molar-refractivity contribution in [1.82, 2.24) is 8.96 Å². The minimum atomic E-state index is -4.04. The average Bonchev–Trinajstić information content (AvgIpc) is 3.01. The van der Waals surface area contributed by atoms with Crippen LogP contribution in [-0.4, -0.2) is 40.8 Å². The number of methoxy groups -OCH3 is 1. The number of para-hydroxylation sites is 2. The van der Waals surface area contributed by atoms with Crippen LogP contribution < -0.4 is 0 Å². The van der Waals surface area contributed by atoms with E-state index in [1.54, 1.807) is 24.3 Å². The molecule has 0 aliphatic heterocycles. The van der Waals surface area contributed by atoms with E-state index in [0.29, 0.717) is 11.0 Å². The molecule has 0 saturated heterocycles. The van der Waals surface area contributed by atoms with Crippen LogP contribution in [0.2, 0.25) is 0 Å². The van der Waals surface area contributed by atoms with Crippen LogP contribution in [0.3, 0.4) is 0 Å². The van der Waals surface area contributed by atoms with E-state index in [2.05, 4.69) is 4.98 Å². The molecular formula is C16H17N3O5S. The number of hydrogen-bond acceptors (Lipinski definition) is 6. The summed E-state index contributed by atoms with van der Waals surface area (Å²) in [5.74, 6) is -0.577. The number of nitrogens with zero attached hydrogens (tertiary/aromatic N) is 3. The number of rotatable bonds is 5. The molecule has 1 aliphatic rings. The van der Waals surface area contributed by atoms with E-state index < -0.39 is 25.6 Å². The number of fused-ring (bicyclic) bond motifs is 1. The third-order valence-electron chi connectivity index (χ3n) is 4.46. The highest BCUT2D eigenvalue weighted by molar-refractivity contribution is 7.91. The van der Waals surface area contributed by atoms with Crippen molar-refractivity contribution >= 4 is 21.1 Å². The van der Waals surface area contributed by atoms with Gasteiger partial charge in [0, 0.05) is 25.2 Å². The first-order valence-electron chi connectivity index (χ1n) is 7.53. The molecule has 0 N–H and O–H groups in total. The highest BCUT2D eigenvalue weighted by Gasteiger charge is 2.48. The highest BCUT2D eigenvalue weighted by atomic mass is 32.2. The van der Waals surface area contributed by atoms with Crippen LogP contribution in [0.25, 0.3) is 11.0 Å². The van der Waals surface area contributed by atoms with Gasteiger partial charge in [0.2, 0.25) is 10.0 Å². The number of hydrogen-bond donors (Lipinski definition) is 0. The summed E-state index contributed by atoms with van der Waals surface area (Å²) in [5, 5.41) is 11.2. The van der Waals surface area contributed by atoms with Gasteiger partial charge < -0.3 is 4.74 Å². The van der Waals surface area contributed by atoms with Crippen molar-refractivity contribution < 1.29 is 18.1 Å². The summed E-state index contributed by atoms with van der Waals surface area (Å²) in [6.07, 6.45) is 5.24. The summed E-state index contributed by atoms with van der Waals surface area (Å²) < 4.78 is 31.5. The zero-order valence-electron chi connectivity index (χ0n) is 13.7. The predicted octanol–water partition coefficient (Wildman–Crippen LogP) is 1.97. The van der Waals surface area contributed by atoms with Gasteiger partial charge in [0.25, 0.3) is 5.70 Å². The largest absolute Gasteiger partial charge is 0.384 e. The van der Waals surface area contributed by atoms with Crippen LogP contribution in [0.4, 0.5) is 0 Å². The average molecular weight is 363 g/mol. The second kappa shape index (κ2) is 6.08. The Hall–Kier alpha value is -2.52. The molecule has 0 spiro atoms. The summed E-state index contributed by atoms with van der Waals surface area (Å²) in [5.41, 5.74) is 0.691. The van der Waals surface area contributed by atoms with E-state index in [4.69, 9.17) is 4.74 Å². The number of aromatic nitrogens is 2. The van der Waals surface area contributed by atoms with Gasteiger partial charge in [-0.2, -0.15) is 0 Å². The fourth-order valence-electron chi connectivity index (χ4n) is 2.97. The smallest absolute Gasteiger partial charge is 0.266 e. The molecule has 8 nitrogen and oxygen atoms in total. The number of allylic oxidation sites excluding steroid dienone is 1. The molecule has 0 fully saturated rings. The van der Waals surface area contributed by atoms with Crippen molar-refractivity contribution in [1.29, 1.82) is 0 Å². The second-order valence-corrected chi connectivity index (χ2v) is 8.19. The highest BCUT2D eigenvalue weighted by Crippen LogP contribution is 2.37. The Balaban J connectivity index is 2.21. The van der Waals surface area contributed by atoms with Gasteiger partial charge in [-0.3, -0.25) is 10.1 Å². The van der Waals surface area contributed by atoms with E-state index in [9.17, 15) is 18.5 Å². The molecular weight excluding hydrogens is 346 g/mol. The Morgan fingerprint density at radius 2 is 2.12 bits per heavy atom. The summed E-state index contributed by atoms with van der Waals surface area (Å²) >= 11 is 0. The fourth-order valence-corrected chi connectivity index (χ4v) is 4.78. The van der Waals surface area contributed by atoms with Crippen molar-refractivity contribution in [2.75, 3.05) is 13.7 Å². The zero-order valence-corrected chi connectivity index (χ0v) is 14.5. The summed E-state index contributed by atoms with van der Waals surface area (Å²) in [4.78, 5) is 14.7. The van der Waals surface area contributed by atoms with Crippen molar-refractivity contribution in [2.45, 2.75) is 11.7 Å². The summed E-state index contributed by atoms with van der Waals surface area (Å²) in [7, 11) is -2.58. The van der Waals surface area contributed by atoms with E-state index in [1.807, 2.05) is 0 Å². The lowest BCUT2D eigenvalue weighted by molar-refractivity contribution is -0.419. The van der Waals surface area contributed by atoms with E-state index in [1.165, 1.54) is 38.6 Å². The maximum Gasteiger partial charge on any atom is 0.266 e. The predicted molar refractivity (Wildman–Crippen MR) is 92.0 cm³/mol. The Morgan fingerprint density at radius 1 is 1.40 bits per heavy atom. The normalized spacial score (nSPS) is 23.6. The van der Waals surface area contributed by atoms with E-state index in [-0.39, 0.29) is 12.3 Å². The van der Waals surface area contributed by atoms with Crippen LogP contribution in [0.5, 0.6) is 0 Å². The molecule has 2 atom stereocenters. The standard InChI is InChI=1S/C16H17N3O5S/c1-16(9-13(19(20)21)8-7-12(16)10-24-2)25(22,23)18-11-17-14-5-3-4-6-15(14)18/h3-9,11-12H,10H2,1-2H3. The van der Waals surface area contributed by atoms with Crippen molar-refractivity contribution in [3.05, 3.63) is 64.6 Å². The molecule has 1 aliphatic carbocycles. The van der Waals surface area contributed by atoms with Gasteiger partial charge in [-0.25, -0.2) is 17.4 Å². The van der Waals surface area contributed by atoms with Gasteiger partial charge in [0.15, 0.2) is 0 Å². The second-order valence-electron chi connectivity index (χ2n) is 5.97. The van der Waals surface area contributed by atoms with E-state index >= 15 is 0 Å². The molecule has 0 bridgehead atoms. The lowest BCUT2D eigenvalue weighted by Crippen LogP contribution is -2.47. The SMILES string of the molecule is COCC1C=CC([N+](=O)[O-])=CC1(C)S(=O)(=O)n1cnc2ccccc21. The quantitative estimate of drug-likeness (QED) is 0.594. The Labute approximate surface area is 144 Å². The van der Waals surface area contributed by atoms with Gasteiger partial charge >= 0.3 is 0 Å². The van der Waals surface area contributed by atoms with Gasteiger partial charge in [-0.1, -0.05) is 18.2 Å². The first kappa shape index (κ1) is 17.3. The summed E-state index contributed by atoms with van der Waals surface area (Å²) in [6, 6.07) is 6.82. The number of imidazole rings is 1. The van der Waals surface area contributed by atoms with Crippen LogP contribution in [-0.2, 0) is 14.8 Å². The first-order valence-corrected chi connectivity index (χ1v) is 8.97. The molecule has 1 heterocycles. The molecule has 0 saturated carbocycles. The maximum absolute atomic E-state index is 13.4. The van der Waals surface area contributed by atoms with Gasteiger partial charge in [0.05, 0.1) is 22.6 Å². The monoisotopic (exact) mass is 363 g/mol. The van der Waals surface area contributed by atoms with Crippen LogP contribution >= 0.6 is 0 Å². The van der Waals surface area contributed by atoms with Gasteiger partial charge in [-0.05, 0) is 19.1 Å². The molecule has 3 rings (SSSR count). The van der Waals surface area contributed by atoms with Crippen LogP contribution in [0.15, 0.2) is 54.5 Å². The fraction of sp³-hybridized carbons (Fsp3) is 0.312. The molecule has 1 aromatic heterocycles. The van der Waals surface area contributed by atoms with Gasteiger partial charge in [0.1, 0.15) is 11.1 Å². The van der Waals surface area contributed by atoms with Crippen molar-refractivity contribution in [3.8, 4) is 0 Å². The lowest BCUT2D eigenvalue weighted by atomic mass is 9.88. The van der Waals surface area contributed by atoms with Crippen molar-refractivity contribution in [3.63, 3.8) is 0 Å². The third kappa shape index (κ3) is 2.65. The molecule has 2 unspecified atom stereocenters.